The Morgan fingerprint density at radius 1 is 1.23 bits per heavy atom. The molecule has 1 N–H and O–H groups in total. The molecule has 1 aromatic rings. The highest BCUT2D eigenvalue weighted by molar-refractivity contribution is 6.07. The van der Waals surface area contributed by atoms with Crippen LogP contribution in [0.2, 0.25) is 0 Å². The molecule has 1 aromatic carbocycles. The number of methoxy groups -OCH3 is 1. The molecule has 1 amide bonds. The molecular formula is C24H30N4O7. The Morgan fingerprint density at radius 3 is 2.63 bits per heavy atom. The Labute approximate surface area is 203 Å². The molecule has 3 rings (SSSR count). The summed E-state index contributed by atoms with van der Waals surface area (Å²) < 4.78 is 10.2. The van der Waals surface area contributed by atoms with Crippen LogP contribution in [0.15, 0.2) is 40.5 Å². The second-order valence-electron chi connectivity index (χ2n) is 8.48. The Kier molecular flexibility index (Phi) is 8.34. The Bertz CT molecular complexity index is 1080. The van der Waals surface area contributed by atoms with Crippen LogP contribution in [-0.4, -0.2) is 59.8 Å². The summed E-state index contributed by atoms with van der Waals surface area (Å²) in [6.45, 7) is 5.70. The summed E-state index contributed by atoms with van der Waals surface area (Å²) in [6, 6.07) is 5.20. The average Bonchev–Trinajstić information content (AvgIpc) is 2.83. The number of nitro benzene ring substituents is 1. The van der Waals surface area contributed by atoms with E-state index in [9.17, 15) is 24.5 Å². The molecule has 0 spiro atoms. The van der Waals surface area contributed by atoms with Gasteiger partial charge in [-0.1, -0.05) is 12.1 Å². The zero-order chi connectivity index (χ0) is 25.7. The van der Waals surface area contributed by atoms with E-state index < -0.39 is 40.6 Å². The lowest BCUT2D eigenvalue weighted by molar-refractivity contribution is -0.384. The lowest BCUT2D eigenvalue weighted by Crippen LogP contribution is -2.55. The number of benzene rings is 1. The first-order chi connectivity index (χ1) is 16.7. The molecule has 1 saturated heterocycles. The molecule has 1 fully saturated rings. The summed E-state index contributed by atoms with van der Waals surface area (Å²) in [5.41, 5.74) is 4.06. The van der Waals surface area contributed by atoms with Crippen LogP contribution in [0, 0.1) is 16.0 Å². The molecule has 3 unspecified atom stereocenters. The molecule has 35 heavy (non-hydrogen) atoms. The lowest BCUT2D eigenvalue weighted by Gasteiger charge is -2.36. The minimum absolute atomic E-state index is 0.165. The van der Waals surface area contributed by atoms with E-state index in [2.05, 4.69) is 10.4 Å². The summed E-state index contributed by atoms with van der Waals surface area (Å²) in [4.78, 5) is 54.2. The first-order valence-electron chi connectivity index (χ1n) is 11.5. The van der Waals surface area contributed by atoms with Crippen molar-refractivity contribution in [3.63, 3.8) is 0 Å². The molecule has 188 valence electrons. The molecule has 3 atom stereocenters. The average molecular weight is 487 g/mol. The van der Waals surface area contributed by atoms with E-state index in [1.54, 1.807) is 31.8 Å². The van der Waals surface area contributed by atoms with Gasteiger partial charge in [-0.3, -0.25) is 34.9 Å². The normalized spacial score (nSPS) is 22.7. The molecule has 11 heteroatoms. The van der Waals surface area contributed by atoms with Gasteiger partial charge in [-0.2, -0.15) is 0 Å². The van der Waals surface area contributed by atoms with Crippen LogP contribution in [0.1, 0.15) is 51.5 Å². The van der Waals surface area contributed by atoms with Gasteiger partial charge < -0.3 is 9.47 Å². The third-order valence-corrected chi connectivity index (χ3v) is 6.27. The van der Waals surface area contributed by atoms with E-state index in [4.69, 9.17) is 9.47 Å². The second-order valence-corrected chi connectivity index (χ2v) is 8.48. The number of carbonyl (C=O) groups is 3. The fourth-order valence-corrected chi connectivity index (χ4v) is 4.70. The molecule has 2 aliphatic rings. The maximum absolute atomic E-state index is 13.7. The van der Waals surface area contributed by atoms with E-state index in [-0.39, 0.29) is 17.9 Å². The SMILES string of the molecule is CCOC(=O)C1CCCCN1NC(=O)C1=C(C)N=C(C)C(C(=O)OC)C1c1cccc([N+](=O)[O-])c1. The van der Waals surface area contributed by atoms with Crippen molar-refractivity contribution in [1.82, 2.24) is 10.4 Å². The van der Waals surface area contributed by atoms with E-state index >= 15 is 0 Å². The number of hydrogen-bond donors (Lipinski definition) is 1. The van der Waals surface area contributed by atoms with Crippen LogP contribution in [0.3, 0.4) is 0 Å². The van der Waals surface area contributed by atoms with E-state index in [1.807, 2.05) is 0 Å². The standard InChI is InChI=1S/C24H30N4O7/c1-5-35-23(30)18-11-6-7-12-27(18)26-22(29)19-14(2)25-15(3)20(24(31)34-4)21(19)16-9-8-10-17(13-16)28(32)33/h8-10,13,18,20-21H,5-7,11-12H2,1-4H3,(H,26,29). The Hall–Kier alpha value is -3.60. The third kappa shape index (κ3) is 5.56. The summed E-state index contributed by atoms with van der Waals surface area (Å²) in [5, 5.41) is 13.0. The van der Waals surface area contributed by atoms with Gasteiger partial charge in [0.25, 0.3) is 11.6 Å². The fourth-order valence-electron chi connectivity index (χ4n) is 4.70. The minimum atomic E-state index is -0.950. The minimum Gasteiger partial charge on any atom is -0.468 e. The van der Waals surface area contributed by atoms with Gasteiger partial charge in [-0.25, -0.2) is 5.01 Å². The first-order valence-corrected chi connectivity index (χ1v) is 11.5. The Morgan fingerprint density at radius 2 is 1.97 bits per heavy atom. The highest BCUT2D eigenvalue weighted by Gasteiger charge is 2.43. The van der Waals surface area contributed by atoms with Gasteiger partial charge in [0.15, 0.2) is 0 Å². The number of non-ortho nitro benzene ring substituents is 1. The highest BCUT2D eigenvalue weighted by atomic mass is 16.6. The van der Waals surface area contributed by atoms with Gasteiger partial charge in [0.05, 0.1) is 18.6 Å². The number of piperidine rings is 1. The van der Waals surface area contributed by atoms with Crippen molar-refractivity contribution in [2.75, 3.05) is 20.3 Å². The van der Waals surface area contributed by atoms with Crippen LogP contribution in [0.25, 0.3) is 0 Å². The number of ether oxygens (including phenoxy) is 2. The zero-order valence-corrected chi connectivity index (χ0v) is 20.3. The second kappa shape index (κ2) is 11.2. The molecule has 2 aliphatic heterocycles. The molecule has 0 radical (unpaired) electrons. The summed E-state index contributed by atoms with van der Waals surface area (Å²) in [6.07, 6.45) is 2.14. The molecule has 2 heterocycles. The highest BCUT2D eigenvalue weighted by Crippen LogP contribution is 2.40. The largest absolute Gasteiger partial charge is 0.468 e. The van der Waals surface area contributed by atoms with Crippen molar-refractivity contribution in [2.24, 2.45) is 10.9 Å². The van der Waals surface area contributed by atoms with Crippen molar-refractivity contribution < 1.29 is 28.8 Å². The van der Waals surface area contributed by atoms with Crippen LogP contribution < -0.4 is 5.43 Å². The van der Waals surface area contributed by atoms with Gasteiger partial charge in [0, 0.05) is 41.6 Å². The molecule has 0 aliphatic carbocycles. The van der Waals surface area contributed by atoms with E-state index in [1.165, 1.54) is 25.3 Å². The molecular weight excluding hydrogens is 456 g/mol. The van der Waals surface area contributed by atoms with Crippen molar-refractivity contribution >= 4 is 29.2 Å². The Balaban J connectivity index is 2.04. The van der Waals surface area contributed by atoms with E-state index in [0.717, 1.165) is 12.8 Å². The maximum atomic E-state index is 13.7. The summed E-state index contributed by atoms with van der Waals surface area (Å²) in [5.74, 6) is -3.39. The van der Waals surface area contributed by atoms with E-state index in [0.29, 0.717) is 29.9 Å². The number of hydrogen-bond acceptors (Lipinski definition) is 9. The predicted molar refractivity (Wildman–Crippen MR) is 126 cm³/mol. The third-order valence-electron chi connectivity index (χ3n) is 6.27. The molecule has 11 nitrogen and oxygen atoms in total. The van der Waals surface area contributed by atoms with Crippen molar-refractivity contribution in [2.45, 2.75) is 52.0 Å². The van der Waals surface area contributed by atoms with Crippen LogP contribution in [0.5, 0.6) is 0 Å². The number of esters is 2. The number of nitrogens with one attached hydrogen (secondary N) is 1. The van der Waals surface area contributed by atoms with Gasteiger partial charge in [0.1, 0.15) is 12.0 Å². The zero-order valence-electron chi connectivity index (χ0n) is 20.3. The number of nitrogens with zero attached hydrogens (tertiary/aromatic N) is 3. The first kappa shape index (κ1) is 26.0. The van der Waals surface area contributed by atoms with Crippen LogP contribution >= 0.6 is 0 Å². The van der Waals surface area contributed by atoms with Gasteiger partial charge in [-0.15, -0.1) is 0 Å². The predicted octanol–water partition coefficient (Wildman–Crippen LogP) is 2.66. The summed E-state index contributed by atoms with van der Waals surface area (Å²) in [7, 11) is 1.24. The molecule has 0 bridgehead atoms. The number of amides is 1. The van der Waals surface area contributed by atoms with Crippen molar-refractivity contribution in [1.29, 1.82) is 0 Å². The maximum Gasteiger partial charge on any atom is 0.325 e. The smallest absolute Gasteiger partial charge is 0.325 e. The number of allylic oxidation sites excluding steroid dienone is 1. The number of carbonyl (C=O) groups excluding carboxylic acids is 3. The molecule has 0 saturated carbocycles. The number of hydrazine groups is 1. The van der Waals surface area contributed by atoms with Gasteiger partial charge >= 0.3 is 11.9 Å². The van der Waals surface area contributed by atoms with Crippen LogP contribution in [0.4, 0.5) is 5.69 Å². The molecule has 0 aromatic heterocycles. The topological polar surface area (TPSA) is 140 Å². The van der Waals surface area contributed by atoms with Crippen LogP contribution in [-0.2, 0) is 23.9 Å². The van der Waals surface area contributed by atoms with Crippen molar-refractivity contribution in [3.8, 4) is 0 Å². The van der Waals surface area contributed by atoms with Gasteiger partial charge in [-0.05, 0) is 45.6 Å². The monoisotopic (exact) mass is 486 g/mol. The lowest BCUT2D eigenvalue weighted by atomic mass is 9.75. The summed E-state index contributed by atoms with van der Waals surface area (Å²) >= 11 is 0. The van der Waals surface area contributed by atoms with Crippen molar-refractivity contribution in [3.05, 3.63) is 51.2 Å². The fraction of sp³-hybridized carbons (Fsp3) is 0.500. The number of nitro groups is 1. The number of rotatable bonds is 7. The number of aliphatic imine (C=N–C) groups is 1. The quantitative estimate of drug-likeness (QED) is 0.352. The van der Waals surface area contributed by atoms with Gasteiger partial charge in [0.2, 0.25) is 0 Å².